The second-order valence-corrected chi connectivity index (χ2v) is 10.2. The topological polar surface area (TPSA) is 130 Å². The Bertz CT molecular complexity index is 1560. The molecular formula is C32H32N4O6. The molecule has 3 N–H and O–H groups in total. The van der Waals surface area contributed by atoms with E-state index in [4.69, 9.17) is 9.47 Å². The van der Waals surface area contributed by atoms with E-state index < -0.39 is 29.9 Å². The predicted molar refractivity (Wildman–Crippen MR) is 155 cm³/mol. The van der Waals surface area contributed by atoms with Gasteiger partial charge in [0, 0.05) is 36.2 Å². The van der Waals surface area contributed by atoms with Crippen LogP contribution in [-0.2, 0) is 22.6 Å². The molecule has 3 aromatic carbocycles. The van der Waals surface area contributed by atoms with Crippen molar-refractivity contribution in [1.29, 1.82) is 0 Å². The number of likely N-dealkylation sites (tertiary alicyclic amines) is 1. The van der Waals surface area contributed by atoms with Gasteiger partial charge in [-0.05, 0) is 54.4 Å². The second kappa shape index (κ2) is 13.1. The third kappa shape index (κ3) is 6.84. The largest absolute Gasteiger partial charge is 0.493 e. The van der Waals surface area contributed by atoms with Crippen molar-refractivity contribution in [2.45, 2.75) is 26.0 Å². The molecule has 216 valence electrons. The Morgan fingerprint density at radius 1 is 0.976 bits per heavy atom. The summed E-state index contributed by atoms with van der Waals surface area (Å²) in [5.74, 6) is -1.34. The number of aromatic nitrogens is 1. The van der Waals surface area contributed by atoms with Gasteiger partial charge in [-0.3, -0.25) is 19.8 Å². The first-order valence-corrected chi connectivity index (χ1v) is 13.7. The van der Waals surface area contributed by atoms with Gasteiger partial charge in [0.15, 0.2) is 0 Å². The second-order valence-electron chi connectivity index (χ2n) is 10.2. The van der Waals surface area contributed by atoms with Crippen molar-refractivity contribution in [3.05, 3.63) is 107 Å². The zero-order valence-electron chi connectivity index (χ0n) is 23.2. The van der Waals surface area contributed by atoms with E-state index in [9.17, 15) is 19.6 Å². The number of ether oxygens (including phenoxy) is 2. The summed E-state index contributed by atoms with van der Waals surface area (Å²) < 4.78 is 11.3. The number of hydrogen-bond acceptors (Lipinski definition) is 7. The van der Waals surface area contributed by atoms with Gasteiger partial charge in [0.25, 0.3) is 5.91 Å². The number of fused-ring (bicyclic) bond motifs is 1. The van der Waals surface area contributed by atoms with Gasteiger partial charge in [-0.1, -0.05) is 48.5 Å². The van der Waals surface area contributed by atoms with Crippen molar-refractivity contribution in [1.82, 2.24) is 20.7 Å². The molecule has 0 unspecified atom stereocenters. The zero-order chi connectivity index (χ0) is 29.5. The number of rotatable bonds is 9. The smallest absolute Gasteiger partial charge is 0.410 e. The number of pyridine rings is 1. The number of carbonyl (C=O) groups excluding carboxylic acids is 3. The third-order valence-corrected chi connectivity index (χ3v) is 7.23. The molecule has 2 atom stereocenters. The van der Waals surface area contributed by atoms with Crippen molar-refractivity contribution in [2.75, 3.05) is 19.7 Å². The summed E-state index contributed by atoms with van der Waals surface area (Å²) in [7, 11) is 0. The van der Waals surface area contributed by atoms with Gasteiger partial charge in [-0.15, -0.1) is 0 Å². The number of carbonyl (C=O) groups is 3. The molecule has 0 saturated carbocycles. The van der Waals surface area contributed by atoms with Crippen LogP contribution in [0.1, 0.15) is 27.2 Å². The highest BCUT2D eigenvalue weighted by Gasteiger charge is 2.41. The minimum absolute atomic E-state index is 0.00989. The molecule has 1 aliphatic rings. The van der Waals surface area contributed by atoms with E-state index in [2.05, 4.69) is 22.4 Å². The van der Waals surface area contributed by atoms with Crippen LogP contribution in [0.15, 0.2) is 84.9 Å². The number of nitrogens with zero attached hydrogens (tertiary/aromatic N) is 2. The van der Waals surface area contributed by atoms with Gasteiger partial charge in [-0.2, -0.15) is 0 Å². The maximum absolute atomic E-state index is 13.0. The van der Waals surface area contributed by atoms with Crippen LogP contribution < -0.4 is 15.5 Å². The minimum atomic E-state index is -0.848. The Balaban J connectivity index is 1.16. The molecular weight excluding hydrogens is 536 g/mol. The van der Waals surface area contributed by atoms with E-state index in [1.165, 1.54) is 4.90 Å². The molecule has 0 spiro atoms. The average Bonchev–Trinajstić information content (AvgIpc) is 3.44. The van der Waals surface area contributed by atoms with Gasteiger partial charge in [0.05, 0.1) is 24.1 Å². The van der Waals surface area contributed by atoms with E-state index in [1.54, 1.807) is 29.7 Å². The first-order chi connectivity index (χ1) is 20.4. The summed E-state index contributed by atoms with van der Waals surface area (Å²) in [5.41, 5.74) is 5.89. The maximum atomic E-state index is 13.0. The number of hydroxylamine groups is 1. The first-order valence-electron chi connectivity index (χ1n) is 13.7. The van der Waals surface area contributed by atoms with E-state index >= 15 is 0 Å². The van der Waals surface area contributed by atoms with Crippen LogP contribution in [0, 0.1) is 12.8 Å². The summed E-state index contributed by atoms with van der Waals surface area (Å²) in [5, 5.41) is 13.1. The number of hydrogen-bond donors (Lipinski definition) is 3. The monoisotopic (exact) mass is 568 g/mol. The number of para-hydroxylation sites is 1. The molecule has 4 aromatic rings. The Labute approximate surface area is 243 Å². The van der Waals surface area contributed by atoms with E-state index in [-0.39, 0.29) is 19.7 Å². The van der Waals surface area contributed by atoms with Crippen LogP contribution in [0.2, 0.25) is 0 Å². The minimum Gasteiger partial charge on any atom is -0.493 e. The fourth-order valence-electron chi connectivity index (χ4n) is 5.09. The lowest BCUT2D eigenvalue weighted by Gasteiger charge is -2.18. The normalized spacial score (nSPS) is 16.2. The molecule has 0 aliphatic carbocycles. The molecule has 1 aliphatic heterocycles. The number of aryl methyl sites for hydroxylation is 1. The van der Waals surface area contributed by atoms with Crippen molar-refractivity contribution < 1.29 is 29.1 Å². The molecule has 10 nitrogen and oxygen atoms in total. The lowest BCUT2D eigenvalue weighted by molar-refractivity contribution is -0.133. The van der Waals surface area contributed by atoms with Crippen molar-refractivity contribution in [3.63, 3.8) is 0 Å². The fraction of sp³-hybridized carbons (Fsp3) is 0.250. The van der Waals surface area contributed by atoms with Crippen LogP contribution >= 0.6 is 0 Å². The molecule has 2 heterocycles. The molecule has 0 bridgehead atoms. The maximum Gasteiger partial charge on any atom is 0.410 e. The zero-order valence-corrected chi connectivity index (χ0v) is 23.2. The van der Waals surface area contributed by atoms with E-state index in [0.717, 1.165) is 27.7 Å². The van der Waals surface area contributed by atoms with Crippen LogP contribution in [0.5, 0.6) is 5.75 Å². The van der Waals surface area contributed by atoms with Gasteiger partial charge < -0.3 is 19.7 Å². The average molecular weight is 569 g/mol. The summed E-state index contributed by atoms with van der Waals surface area (Å²) in [6.45, 7) is 2.55. The van der Waals surface area contributed by atoms with Crippen LogP contribution in [-0.4, -0.2) is 58.7 Å². The van der Waals surface area contributed by atoms with Crippen LogP contribution in [0.3, 0.4) is 0 Å². The molecule has 1 aromatic heterocycles. The highest BCUT2D eigenvalue weighted by atomic mass is 16.6. The lowest BCUT2D eigenvalue weighted by Crippen LogP contribution is -2.45. The molecule has 1 fully saturated rings. The van der Waals surface area contributed by atoms with Crippen molar-refractivity contribution in [3.8, 4) is 5.75 Å². The number of nitrogens with one attached hydrogen (secondary N) is 2. The summed E-state index contributed by atoms with van der Waals surface area (Å²) >= 11 is 0. The van der Waals surface area contributed by atoms with Gasteiger partial charge in [0.2, 0.25) is 5.91 Å². The van der Waals surface area contributed by atoms with Gasteiger partial charge >= 0.3 is 6.09 Å². The highest BCUT2D eigenvalue weighted by Crippen LogP contribution is 2.22. The predicted octanol–water partition coefficient (Wildman–Crippen LogP) is 4.04. The molecule has 1 saturated heterocycles. The standard InChI is InChI=1S/C32H32N4O6/c1-21-17-24(26-9-5-6-10-28(26)33-21)15-16-41-25-13-11-23(12-14-25)30(37)34-29-19-36(18-27(29)31(38)35-40)32(39)42-20-22-7-3-2-4-8-22/h2-14,17,27,29,40H,15-16,18-20H2,1H3,(H,34,37)(H,35,38)/t27-,29+/m0/s1. The summed E-state index contributed by atoms with van der Waals surface area (Å²) in [6, 6.07) is 25.3. The quantitative estimate of drug-likeness (QED) is 0.205. The Hall–Kier alpha value is -4.96. The van der Waals surface area contributed by atoms with Crippen LogP contribution in [0.25, 0.3) is 10.9 Å². The van der Waals surface area contributed by atoms with E-state index in [1.807, 2.05) is 55.5 Å². The molecule has 0 radical (unpaired) electrons. The van der Waals surface area contributed by atoms with Crippen molar-refractivity contribution in [2.24, 2.45) is 5.92 Å². The third-order valence-electron chi connectivity index (χ3n) is 7.23. The van der Waals surface area contributed by atoms with Gasteiger partial charge in [0.1, 0.15) is 12.4 Å². The Morgan fingerprint density at radius 2 is 1.71 bits per heavy atom. The molecule has 42 heavy (non-hydrogen) atoms. The first kappa shape index (κ1) is 28.6. The lowest BCUT2D eigenvalue weighted by atomic mass is 10.0. The molecule has 5 rings (SSSR count). The van der Waals surface area contributed by atoms with Crippen LogP contribution in [0.4, 0.5) is 4.79 Å². The number of benzene rings is 3. The SMILES string of the molecule is Cc1cc(CCOc2ccc(C(=O)N[C@@H]3CN(C(=O)OCc4ccccc4)C[C@@H]3C(=O)NO)cc2)c2ccccc2n1. The Kier molecular flexibility index (Phi) is 8.93. The Morgan fingerprint density at radius 3 is 2.48 bits per heavy atom. The molecule has 10 heteroatoms. The highest BCUT2D eigenvalue weighted by molar-refractivity contribution is 5.95. The fourth-order valence-corrected chi connectivity index (χ4v) is 5.09. The van der Waals surface area contributed by atoms with Gasteiger partial charge in [-0.25, -0.2) is 10.3 Å². The summed E-state index contributed by atoms with van der Waals surface area (Å²) in [4.78, 5) is 43.9. The van der Waals surface area contributed by atoms with E-state index in [0.29, 0.717) is 24.3 Å². The number of amides is 3. The van der Waals surface area contributed by atoms with Crippen molar-refractivity contribution >= 4 is 28.8 Å². The summed E-state index contributed by atoms with van der Waals surface area (Å²) in [6.07, 6.45) is 0.0922. The molecule has 3 amide bonds.